The fraction of sp³-hybridized carbons (Fsp3) is 0.571. The second kappa shape index (κ2) is 6.03. The fourth-order valence-corrected chi connectivity index (χ4v) is 3.58. The van der Waals surface area contributed by atoms with E-state index in [0.29, 0.717) is 0 Å². The van der Waals surface area contributed by atoms with E-state index in [-0.39, 0.29) is 0 Å². The highest BCUT2D eigenvalue weighted by atomic mass is 32.1. The Morgan fingerprint density at radius 2 is 2.10 bits per heavy atom. The Balaban J connectivity index is 1.68. The van der Waals surface area contributed by atoms with Gasteiger partial charge < -0.3 is 10.6 Å². The second-order valence-corrected chi connectivity index (χ2v) is 6.41. The Bertz CT molecular complexity index is 589. The molecular formula is C14H21N5S. The number of hydrogen-bond donors (Lipinski definition) is 2. The van der Waals surface area contributed by atoms with Gasteiger partial charge in [0.05, 0.1) is 5.39 Å². The summed E-state index contributed by atoms with van der Waals surface area (Å²) in [5.74, 6) is 0.979. The zero-order valence-electron chi connectivity index (χ0n) is 12.1. The van der Waals surface area contributed by atoms with E-state index in [1.165, 1.54) is 15.8 Å². The lowest BCUT2D eigenvalue weighted by molar-refractivity contribution is 0.249. The first kappa shape index (κ1) is 13.7. The predicted molar refractivity (Wildman–Crippen MR) is 84.7 cm³/mol. The van der Waals surface area contributed by atoms with E-state index in [1.807, 2.05) is 0 Å². The van der Waals surface area contributed by atoms with E-state index < -0.39 is 0 Å². The number of hydrogen-bond acceptors (Lipinski definition) is 6. The summed E-state index contributed by atoms with van der Waals surface area (Å²) in [6.07, 6.45) is 1.66. The molecule has 1 fully saturated rings. The monoisotopic (exact) mass is 291 g/mol. The molecular weight excluding hydrogens is 270 g/mol. The molecule has 0 saturated carbocycles. The van der Waals surface area contributed by atoms with E-state index >= 15 is 0 Å². The molecule has 0 amide bonds. The second-order valence-electron chi connectivity index (χ2n) is 5.20. The van der Waals surface area contributed by atoms with Crippen LogP contribution in [0.4, 0.5) is 5.82 Å². The van der Waals surface area contributed by atoms with Gasteiger partial charge in [0.15, 0.2) is 0 Å². The van der Waals surface area contributed by atoms with Gasteiger partial charge in [-0.15, -0.1) is 11.3 Å². The summed E-state index contributed by atoms with van der Waals surface area (Å²) in [5, 5.41) is 8.05. The highest BCUT2D eigenvalue weighted by Crippen LogP contribution is 2.32. The van der Waals surface area contributed by atoms with Crippen LogP contribution in [0.3, 0.4) is 0 Å². The minimum Gasteiger partial charge on any atom is -0.368 e. The molecule has 0 atom stereocenters. The summed E-state index contributed by atoms with van der Waals surface area (Å²) in [6.45, 7) is 10.8. The van der Waals surface area contributed by atoms with Crippen molar-refractivity contribution in [2.75, 3.05) is 44.6 Å². The Morgan fingerprint density at radius 3 is 2.90 bits per heavy atom. The first-order chi connectivity index (χ1) is 9.75. The maximum Gasteiger partial charge on any atom is 0.138 e. The molecule has 0 bridgehead atoms. The minimum atomic E-state index is 0.931. The number of aromatic nitrogens is 2. The SMILES string of the molecule is Cc1sc2ncnc(NCCN3CCNCC3)c2c1C. The summed E-state index contributed by atoms with van der Waals surface area (Å²) in [6, 6.07) is 0. The van der Waals surface area contributed by atoms with Crippen molar-refractivity contribution in [1.29, 1.82) is 0 Å². The van der Waals surface area contributed by atoms with Gasteiger partial charge in [0, 0.05) is 44.1 Å². The van der Waals surface area contributed by atoms with Crippen LogP contribution in [0.5, 0.6) is 0 Å². The molecule has 0 aliphatic carbocycles. The largest absolute Gasteiger partial charge is 0.368 e. The van der Waals surface area contributed by atoms with Crippen LogP contribution in [0, 0.1) is 13.8 Å². The predicted octanol–water partition coefficient (Wildman–Crippen LogP) is 1.63. The number of rotatable bonds is 4. The summed E-state index contributed by atoms with van der Waals surface area (Å²) in [7, 11) is 0. The molecule has 2 aromatic heterocycles. The molecule has 2 N–H and O–H groups in total. The quantitative estimate of drug-likeness (QED) is 0.896. The van der Waals surface area contributed by atoms with Gasteiger partial charge in [0.2, 0.25) is 0 Å². The van der Waals surface area contributed by atoms with Crippen LogP contribution in [0.1, 0.15) is 10.4 Å². The van der Waals surface area contributed by atoms with Crippen molar-refractivity contribution in [2.45, 2.75) is 13.8 Å². The maximum atomic E-state index is 4.42. The highest BCUT2D eigenvalue weighted by molar-refractivity contribution is 7.18. The standard InChI is InChI=1S/C14H21N5S/c1-10-11(2)20-14-12(10)13(17-9-18-14)16-5-8-19-6-3-15-4-7-19/h9,15H,3-8H2,1-2H3,(H,16,17,18). The molecule has 0 spiro atoms. The summed E-state index contributed by atoms with van der Waals surface area (Å²) in [5.41, 5.74) is 1.30. The maximum absolute atomic E-state index is 4.42. The van der Waals surface area contributed by atoms with Crippen molar-refractivity contribution in [3.63, 3.8) is 0 Å². The Kier molecular flexibility index (Phi) is 4.14. The Labute approximate surface area is 123 Å². The third kappa shape index (κ3) is 2.77. The van der Waals surface area contributed by atoms with Crippen molar-refractivity contribution in [3.05, 3.63) is 16.8 Å². The van der Waals surface area contributed by atoms with Gasteiger partial charge in [0.1, 0.15) is 17.0 Å². The van der Waals surface area contributed by atoms with Gasteiger partial charge in [-0.05, 0) is 19.4 Å². The molecule has 1 aliphatic heterocycles. The van der Waals surface area contributed by atoms with Crippen LogP contribution in [0.25, 0.3) is 10.2 Å². The van der Waals surface area contributed by atoms with Gasteiger partial charge in [0.25, 0.3) is 0 Å². The van der Waals surface area contributed by atoms with E-state index in [2.05, 4.69) is 39.3 Å². The molecule has 0 unspecified atom stereocenters. The van der Waals surface area contributed by atoms with Crippen molar-refractivity contribution >= 4 is 27.4 Å². The van der Waals surface area contributed by atoms with Crippen LogP contribution in [-0.2, 0) is 0 Å². The van der Waals surface area contributed by atoms with Gasteiger partial charge >= 0.3 is 0 Å². The lowest BCUT2D eigenvalue weighted by Crippen LogP contribution is -2.45. The zero-order valence-corrected chi connectivity index (χ0v) is 12.9. The number of piperazine rings is 1. The third-order valence-electron chi connectivity index (χ3n) is 3.90. The number of thiophene rings is 1. The zero-order chi connectivity index (χ0) is 13.9. The van der Waals surface area contributed by atoms with E-state index in [9.17, 15) is 0 Å². The molecule has 3 rings (SSSR count). The molecule has 5 nitrogen and oxygen atoms in total. The topological polar surface area (TPSA) is 53.1 Å². The number of fused-ring (bicyclic) bond motifs is 1. The lowest BCUT2D eigenvalue weighted by atomic mass is 10.2. The van der Waals surface area contributed by atoms with Crippen molar-refractivity contribution < 1.29 is 0 Å². The molecule has 0 aromatic carbocycles. The summed E-state index contributed by atoms with van der Waals surface area (Å²) < 4.78 is 0. The van der Waals surface area contributed by atoms with Gasteiger partial charge in [-0.3, -0.25) is 4.90 Å². The van der Waals surface area contributed by atoms with Gasteiger partial charge in [-0.2, -0.15) is 0 Å². The first-order valence-corrected chi connectivity index (χ1v) is 7.95. The van der Waals surface area contributed by atoms with Crippen LogP contribution < -0.4 is 10.6 Å². The molecule has 2 aromatic rings. The average molecular weight is 291 g/mol. The summed E-state index contributed by atoms with van der Waals surface area (Å²) in [4.78, 5) is 13.7. The molecule has 108 valence electrons. The number of aryl methyl sites for hydroxylation is 2. The minimum absolute atomic E-state index is 0.931. The molecule has 1 aliphatic rings. The van der Waals surface area contributed by atoms with Crippen molar-refractivity contribution in [3.8, 4) is 0 Å². The normalized spacial score (nSPS) is 16.7. The van der Waals surface area contributed by atoms with Crippen LogP contribution >= 0.6 is 11.3 Å². The molecule has 20 heavy (non-hydrogen) atoms. The Morgan fingerprint density at radius 1 is 1.30 bits per heavy atom. The molecule has 6 heteroatoms. The van der Waals surface area contributed by atoms with Gasteiger partial charge in [-0.1, -0.05) is 0 Å². The fourth-order valence-electron chi connectivity index (χ4n) is 2.58. The average Bonchev–Trinajstić information content (AvgIpc) is 2.76. The molecule has 3 heterocycles. The third-order valence-corrected chi connectivity index (χ3v) is 5.01. The Hall–Kier alpha value is -1.24. The van der Waals surface area contributed by atoms with Crippen molar-refractivity contribution in [1.82, 2.24) is 20.2 Å². The van der Waals surface area contributed by atoms with E-state index in [1.54, 1.807) is 17.7 Å². The molecule has 0 radical (unpaired) electrons. The number of anilines is 1. The number of nitrogens with one attached hydrogen (secondary N) is 2. The van der Waals surface area contributed by atoms with Gasteiger partial charge in [-0.25, -0.2) is 9.97 Å². The first-order valence-electron chi connectivity index (χ1n) is 7.13. The molecule has 1 saturated heterocycles. The van der Waals surface area contributed by atoms with Crippen LogP contribution in [0.15, 0.2) is 6.33 Å². The van der Waals surface area contributed by atoms with E-state index in [0.717, 1.165) is 49.9 Å². The van der Waals surface area contributed by atoms with Crippen LogP contribution in [-0.4, -0.2) is 54.1 Å². The summed E-state index contributed by atoms with van der Waals surface area (Å²) >= 11 is 1.74. The van der Waals surface area contributed by atoms with E-state index in [4.69, 9.17) is 0 Å². The number of nitrogens with zero attached hydrogens (tertiary/aromatic N) is 3. The van der Waals surface area contributed by atoms with Crippen molar-refractivity contribution in [2.24, 2.45) is 0 Å². The van der Waals surface area contributed by atoms with Crippen LogP contribution in [0.2, 0.25) is 0 Å². The highest BCUT2D eigenvalue weighted by Gasteiger charge is 2.12. The lowest BCUT2D eigenvalue weighted by Gasteiger charge is -2.27. The smallest absolute Gasteiger partial charge is 0.138 e.